The number of aryl methyl sites for hydroxylation is 1. The molecule has 0 spiro atoms. The van der Waals surface area contributed by atoms with Crippen molar-refractivity contribution in [1.29, 1.82) is 0 Å². The number of carbonyl (C=O) groups excluding carboxylic acids is 1. The average Bonchev–Trinajstić information content (AvgIpc) is 3.05. The van der Waals surface area contributed by atoms with E-state index in [1.54, 1.807) is 6.92 Å². The molecule has 7 heteroatoms. The van der Waals surface area contributed by atoms with E-state index < -0.39 is 16.0 Å². The Morgan fingerprint density at radius 3 is 2.50 bits per heavy atom. The van der Waals surface area contributed by atoms with Gasteiger partial charge < -0.3 is 9.15 Å². The van der Waals surface area contributed by atoms with Gasteiger partial charge in [-0.1, -0.05) is 30.3 Å². The summed E-state index contributed by atoms with van der Waals surface area (Å²) in [6, 6.07) is 11.5. The number of rotatable bonds is 5. The van der Waals surface area contributed by atoms with Crippen molar-refractivity contribution in [3.63, 3.8) is 0 Å². The van der Waals surface area contributed by atoms with Gasteiger partial charge in [-0.25, -0.2) is 13.2 Å². The monoisotopic (exact) mass is 377 g/mol. The summed E-state index contributed by atoms with van der Waals surface area (Å²) in [7, 11) is -2.49. The Labute approximate surface area is 153 Å². The Balaban J connectivity index is 1.67. The number of piperidine rings is 1. The highest BCUT2D eigenvalue weighted by Gasteiger charge is 2.33. The van der Waals surface area contributed by atoms with Crippen molar-refractivity contribution in [3.05, 3.63) is 53.3 Å². The fourth-order valence-corrected chi connectivity index (χ4v) is 4.77. The molecule has 1 fully saturated rings. The number of esters is 1. The Kier molecular flexibility index (Phi) is 5.48. The number of benzene rings is 1. The van der Waals surface area contributed by atoms with Crippen molar-refractivity contribution in [1.82, 2.24) is 4.31 Å². The zero-order valence-electron chi connectivity index (χ0n) is 15.0. The third-order valence-electron chi connectivity index (χ3n) is 4.84. The van der Waals surface area contributed by atoms with E-state index >= 15 is 0 Å². The summed E-state index contributed by atoms with van der Waals surface area (Å²) < 4.78 is 37.1. The summed E-state index contributed by atoms with van der Waals surface area (Å²) in [6.45, 7) is 2.46. The molecule has 1 aromatic carbocycles. The van der Waals surface area contributed by atoms with Gasteiger partial charge >= 0.3 is 5.97 Å². The van der Waals surface area contributed by atoms with E-state index in [2.05, 4.69) is 16.9 Å². The third kappa shape index (κ3) is 3.83. The van der Waals surface area contributed by atoms with Gasteiger partial charge in [0.15, 0.2) is 0 Å². The van der Waals surface area contributed by atoms with Crippen LogP contribution >= 0.6 is 0 Å². The fourth-order valence-electron chi connectivity index (χ4n) is 3.32. The van der Waals surface area contributed by atoms with Crippen LogP contribution in [0, 0.1) is 12.8 Å². The van der Waals surface area contributed by atoms with Gasteiger partial charge in [0.25, 0.3) is 10.0 Å². The summed E-state index contributed by atoms with van der Waals surface area (Å²) >= 11 is 0. The first-order valence-electron chi connectivity index (χ1n) is 8.64. The molecular formula is C19H23NO5S. The van der Waals surface area contributed by atoms with Crippen LogP contribution in [0.4, 0.5) is 0 Å². The van der Waals surface area contributed by atoms with Crippen molar-refractivity contribution in [2.75, 3.05) is 20.2 Å². The van der Waals surface area contributed by atoms with E-state index in [9.17, 15) is 13.2 Å². The van der Waals surface area contributed by atoms with Crippen LogP contribution in [0.2, 0.25) is 0 Å². The maximum absolute atomic E-state index is 12.8. The van der Waals surface area contributed by atoms with Gasteiger partial charge in [0.1, 0.15) is 11.3 Å². The number of sulfonamides is 1. The minimum absolute atomic E-state index is 0.144. The highest BCUT2D eigenvalue weighted by atomic mass is 32.2. The second-order valence-corrected chi connectivity index (χ2v) is 8.43. The molecule has 6 nitrogen and oxygen atoms in total. The Bertz CT molecular complexity index is 865. The first kappa shape index (κ1) is 18.7. The van der Waals surface area contributed by atoms with Crippen molar-refractivity contribution in [3.8, 4) is 0 Å². The van der Waals surface area contributed by atoms with E-state index in [1.807, 2.05) is 18.2 Å². The minimum atomic E-state index is -3.74. The summed E-state index contributed by atoms with van der Waals surface area (Å²) in [4.78, 5) is 11.7. The molecule has 2 heterocycles. The molecule has 1 saturated heterocycles. The molecule has 0 atom stereocenters. The van der Waals surface area contributed by atoms with E-state index in [1.165, 1.54) is 23.0 Å². The minimum Gasteiger partial charge on any atom is -0.465 e. The maximum atomic E-state index is 12.8. The zero-order valence-corrected chi connectivity index (χ0v) is 15.8. The number of hydrogen-bond donors (Lipinski definition) is 0. The van der Waals surface area contributed by atoms with Crippen LogP contribution in [0.25, 0.3) is 0 Å². The zero-order chi connectivity index (χ0) is 18.7. The van der Waals surface area contributed by atoms with Crippen molar-refractivity contribution in [2.24, 2.45) is 5.92 Å². The number of carbonyl (C=O) groups is 1. The van der Waals surface area contributed by atoms with Crippen LogP contribution in [0.15, 0.2) is 45.9 Å². The lowest BCUT2D eigenvalue weighted by Gasteiger charge is -2.30. The van der Waals surface area contributed by atoms with Gasteiger partial charge in [0.05, 0.1) is 7.11 Å². The SMILES string of the molecule is COC(=O)c1cc(S(=O)(=O)N2CCC(Cc3ccccc3)CC2)oc1C. The van der Waals surface area contributed by atoms with Crippen LogP contribution in [0.1, 0.15) is 34.5 Å². The summed E-state index contributed by atoms with van der Waals surface area (Å²) in [5.74, 6) is 0.108. The quantitative estimate of drug-likeness (QED) is 0.749. The first-order chi connectivity index (χ1) is 12.4. The normalized spacial score (nSPS) is 16.5. The standard InChI is InChI=1S/C19H23NO5S/c1-14-17(19(21)24-2)13-18(25-14)26(22,23)20-10-8-16(9-11-20)12-15-6-4-3-5-7-15/h3-7,13,16H,8-12H2,1-2H3. The Hall–Kier alpha value is -2.12. The highest BCUT2D eigenvalue weighted by molar-refractivity contribution is 7.89. The molecule has 3 rings (SSSR count). The topological polar surface area (TPSA) is 76.8 Å². The molecule has 2 aromatic rings. The van der Waals surface area contributed by atoms with E-state index in [0.29, 0.717) is 19.0 Å². The molecule has 140 valence electrons. The average molecular weight is 377 g/mol. The predicted molar refractivity (Wildman–Crippen MR) is 96.4 cm³/mol. The van der Waals surface area contributed by atoms with Gasteiger partial charge in [-0.15, -0.1) is 0 Å². The lowest BCUT2D eigenvalue weighted by Crippen LogP contribution is -2.38. The van der Waals surface area contributed by atoms with Gasteiger partial charge in [0.2, 0.25) is 5.09 Å². The molecule has 1 aromatic heterocycles. The number of nitrogens with zero attached hydrogens (tertiary/aromatic N) is 1. The van der Waals surface area contributed by atoms with E-state index in [-0.39, 0.29) is 16.4 Å². The first-order valence-corrected chi connectivity index (χ1v) is 10.1. The molecule has 1 aliphatic heterocycles. The molecule has 0 aliphatic carbocycles. The van der Waals surface area contributed by atoms with Crippen LogP contribution in [0.3, 0.4) is 0 Å². The lowest BCUT2D eigenvalue weighted by molar-refractivity contribution is 0.0598. The lowest BCUT2D eigenvalue weighted by atomic mass is 9.91. The van der Waals surface area contributed by atoms with Gasteiger partial charge in [-0.05, 0) is 37.7 Å². The summed E-state index contributed by atoms with van der Waals surface area (Å²) in [5.41, 5.74) is 1.42. The molecule has 0 bridgehead atoms. The van der Waals surface area contributed by atoms with Crippen molar-refractivity contribution in [2.45, 2.75) is 31.3 Å². The van der Waals surface area contributed by atoms with Crippen LogP contribution in [-0.4, -0.2) is 38.9 Å². The molecular weight excluding hydrogens is 354 g/mol. The predicted octanol–water partition coefficient (Wildman–Crippen LogP) is 3.02. The molecule has 0 saturated carbocycles. The number of furan rings is 1. The molecule has 0 unspecified atom stereocenters. The van der Waals surface area contributed by atoms with Crippen molar-refractivity contribution >= 4 is 16.0 Å². The fraction of sp³-hybridized carbons (Fsp3) is 0.421. The number of ether oxygens (including phenoxy) is 1. The van der Waals surface area contributed by atoms with Crippen molar-refractivity contribution < 1.29 is 22.4 Å². The summed E-state index contributed by atoms with van der Waals surface area (Å²) in [6.07, 6.45) is 2.57. The van der Waals surface area contributed by atoms with Crippen LogP contribution in [-0.2, 0) is 21.2 Å². The van der Waals surface area contributed by atoms with Gasteiger partial charge in [-0.3, -0.25) is 0 Å². The van der Waals surface area contributed by atoms with Crippen LogP contribution < -0.4 is 0 Å². The molecule has 0 amide bonds. The maximum Gasteiger partial charge on any atom is 0.341 e. The molecule has 0 radical (unpaired) electrons. The van der Waals surface area contributed by atoms with Gasteiger partial charge in [0, 0.05) is 19.2 Å². The Morgan fingerprint density at radius 2 is 1.88 bits per heavy atom. The molecule has 26 heavy (non-hydrogen) atoms. The smallest absolute Gasteiger partial charge is 0.341 e. The summed E-state index contributed by atoms with van der Waals surface area (Å²) in [5, 5.41) is -0.197. The van der Waals surface area contributed by atoms with Crippen LogP contribution in [0.5, 0.6) is 0 Å². The molecule has 0 N–H and O–H groups in total. The van der Waals surface area contributed by atoms with Gasteiger partial charge in [-0.2, -0.15) is 4.31 Å². The second-order valence-electron chi connectivity index (χ2n) is 6.56. The Morgan fingerprint density at radius 1 is 1.23 bits per heavy atom. The van der Waals surface area contributed by atoms with E-state index in [0.717, 1.165) is 19.3 Å². The number of hydrogen-bond acceptors (Lipinski definition) is 5. The largest absolute Gasteiger partial charge is 0.465 e. The highest BCUT2D eigenvalue weighted by Crippen LogP contribution is 2.28. The number of methoxy groups -OCH3 is 1. The second kappa shape index (κ2) is 7.63. The third-order valence-corrected chi connectivity index (χ3v) is 6.59. The molecule has 1 aliphatic rings. The van der Waals surface area contributed by atoms with E-state index in [4.69, 9.17) is 4.42 Å².